The summed E-state index contributed by atoms with van der Waals surface area (Å²) in [6.07, 6.45) is 9.14. The number of carbonyl (C=O) groups excluding carboxylic acids is 2. The van der Waals surface area contributed by atoms with Gasteiger partial charge in [-0.2, -0.15) is 0 Å². The molecule has 8 heteroatoms. The van der Waals surface area contributed by atoms with E-state index in [4.69, 9.17) is 9.47 Å². The number of nitrogens with zero attached hydrogens (tertiary/aromatic N) is 3. The molecule has 0 aliphatic carbocycles. The minimum atomic E-state index is -0.460. The number of amides is 2. The number of benzene rings is 1. The first kappa shape index (κ1) is 29.8. The van der Waals surface area contributed by atoms with Crippen molar-refractivity contribution < 1.29 is 19.1 Å². The number of fused-ring (bicyclic) bond motifs is 1. The molecule has 38 heavy (non-hydrogen) atoms. The van der Waals surface area contributed by atoms with Gasteiger partial charge in [-0.05, 0) is 60.3 Å². The van der Waals surface area contributed by atoms with Crippen LogP contribution in [0.15, 0.2) is 48.0 Å². The van der Waals surface area contributed by atoms with Crippen molar-refractivity contribution in [2.75, 3.05) is 46.7 Å². The summed E-state index contributed by atoms with van der Waals surface area (Å²) < 4.78 is 11.2. The topological polar surface area (TPSA) is 62.3 Å². The molecule has 3 rings (SSSR count). The molecule has 1 atom stereocenters. The van der Waals surface area contributed by atoms with E-state index in [2.05, 4.69) is 43.7 Å². The lowest BCUT2D eigenvalue weighted by Crippen LogP contribution is -2.59. The fourth-order valence-electron chi connectivity index (χ4n) is 5.82. The van der Waals surface area contributed by atoms with E-state index in [9.17, 15) is 9.59 Å². The standard InChI is InChI=1S/C30H43N3O4S/c1-7-9-14-38-21-29(35)32-12-10-30(11-13-32,33(8-2)22-34)28-16-23(3)15-26-25(19-31(28)4)17-24(20-36-5)18-27(26)37-6/h7,9,14,16-18,22-23H,1,8,10-13,15,19-21H2,2-6H3/b14-9-,28-16-/t23-/m1/s1. The van der Waals surface area contributed by atoms with Crippen molar-refractivity contribution in [1.29, 1.82) is 0 Å². The number of allylic oxidation sites excluding steroid dienone is 3. The molecule has 2 aliphatic rings. The Labute approximate surface area is 232 Å². The average molecular weight is 542 g/mol. The van der Waals surface area contributed by atoms with Crippen LogP contribution in [0.2, 0.25) is 0 Å². The highest BCUT2D eigenvalue weighted by molar-refractivity contribution is 8.02. The predicted octanol–water partition coefficient (Wildman–Crippen LogP) is 4.62. The maximum atomic E-state index is 12.9. The Balaban J connectivity index is 1.92. The molecule has 0 saturated carbocycles. The number of likely N-dealkylation sites (tertiary alicyclic amines) is 1. The normalized spacial score (nSPS) is 20.7. The van der Waals surface area contributed by atoms with Crippen LogP contribution in [0, 0.1) is 5.92 Å². The van der Waals surface area contributed by atoms with Gasteiger partial charge in [0.15, 0.2) is 0 Å². The summed E-state index contributed by atoms with van der Waals surface area (Å²) in [4.78, 5) is 31.4. The quantitative estimate of drug-likeness (QED) is 0.301. The number of carbonyl (C=O) groups is 2. The van der Waals surface area contributed by atoms with Gasteiger partial charge in [-0.25, -0.2) is 0 Å². The first-order valence-electron chi connectivity index (χ1n) is 13.3. The Morgan fingerprint density at radius 2 is 2.03 bits per heavy atom. The zero-order chi connectivity index (χ0) is 27.7. The summed E-state index contributed by atoms with van der Waals surface area (Å²) in [6.45, 7) is 11.0. The Kier molecular flexibility index (Phi) is 10.9. The van der Waals surface area contributed by atoms with Crippen molar-refractivity contribution in [2.45, 2.75) is 51.8 Å². The number of rotatable bonds is 11. The van der Waals surface area contributed by atoms with E-state index in [0.29, 0.717) is 51.4 Å². The third-order valence-corrected chi connectivity index (χ3v) is 8.40. The second kappa shape index (κ2) is 13.9. The van der Waals surface area contributed by atoms with Gasteiger partial charge in [-0.3, -0.25) is 9.59 Å². The van der Waals surface area contributed by atoms with Gasteiger partial charge in [0.05, 0.1) is 25.0 Å². The lowest BCUT2D eigenvalue weighted by molar-refractivity contribution is -0.132. The van der Waals surface area contributed by atoms with Gasteiger partial charge < -0.3 is 24.2 Å². The zero-order valence-electron chi connectivity index (χ0n) is 23.6. The van der Waals surface area contributed by atoms with Crippen molar-refractivity contribution in [3.63, 3.8) is 0 Å². The molecule has 208 valence electrons. The molecule has 1 fully saturated rings. The SMILES string of the molecule is C=C/C=C\SCC(=O)N1CCC(/C2=C/[C@H](C)Cc3c(cc(COC)cc3OC)CN2C)(N(C=O)CC)CC1. The maximum Gasteiger partial charge on any atom is 0.232 e. The first-order chi connectivity index (χ1) is 18.3. The summed E-state index contributed by atoms with van der Waals surface area (Å²) in [5.74, 6) is 1.68. The number of likely N-dealkylation sites (N-methyl/N-ethyl adjacent to an activating group) is 2. The lowest BCUT2D eigenvalue weighted by Gasteiger charge is -2.51. The summed E-state index contributed by atoms with van der Waals surface area (Å²) in [5, 5.41) is 1.89. The average Bonchev–Trinajstić information content (AvgIpc) is 2.91. The number of piperidine rings is 1. The summed E-state index contributed by atoms with van der Waals surface area (Å²) in [5.41, 5.74) is 4.23. The third-order valence-electron chi connectivity index (χ3n) is 7.63. The summed E-state index contributed by atoms with van der Waals surface area (Å²) in [6, 6.07) is 4.30. The second-order valence-electron chi connectivity index (χ2n) is 10.1. The molecule has 2 aliphatic heterocycles. The molecule has 1 aromatic rings. The molecule has 7 nitrogen and oxygen atoms in total. The molecule has 2 amide bonds. The zero-order valence-corrected chi connectivity index (χ0v) is 24.4. The van der Waals surface area contributed by atoms with Gasteiger partial charge in [-0.15, -0.1) is 11.8 Å². The number of ether oxygens (including phenoxy) is 2. The van der Waals surface area contributed by atoms with Crippen LogP contribution in [0.1, 0.15) is 43.4 Å². The van der Waals surface area contributed by atoms with E-state index < -0.39 is 5.54 Å². The molecule has 1 saturated heterocycles. The minimum absolute atomic E-state index is 0.131. The molecule has 0 spiro atoms. The van der Waals surface area contributed by atoms with Gasteiger partial charge in [0.1, 0.15) is 5.75 Å². The van der Waals surface area contributed by atoms with Crippen molar-refractivity contribution in [1.82, 2.24) is 14.7 Å². The van der Waals surface area contributed by atoms with E-state index in [0.717, 1.165) is 29.8 Å². The Morgan fingerprint density at radius 1 is 1.29 bits per heavy atom. The largest absolute Gasteiger partial charge is 0.496 e. The number of thioether (sulfide) groups is 1. The van der Waals surface area contributed by atoms with E-state index >= 15 is 0 Å². The van der Waals surface area contributed by atoms with Crippen LogP contribution in [0.25, 0.3) is 0 Å². The van der Waals surface area contributed by atoms with E-state index in [-0.39, 0.29) is 11.8 Å². The molecular formula is C30H43N3O4S. The number of hydrogen-bond acceptors (Lipinski definition) is 6. The van der Waals surface area contributed by atoms with Crippen LogP contribution >= 0.6 is 11.8 Å². The van der Waals surface area contributed by atoms with Crippen LogP contribution in [0.4, 0.5) is 0 Å². The van der Waals surface area contributed by atoms with E-state index in [1.54, 1.807) is 20.3 Å². The Hall–Kier alpha value is -2.71. The second-order valence-corrected chi connectivity index (χ2v) is 11.0. The predicted molar refractivity (Wildman–Crippen MR) is 155 cm³/mol. The van der Waals surface area contributed by atoms with E-state index in [1.165, 1.54) is 22.9 Å². The molecule has 2 heterocycles. The van der Waals surface area contributed by atoms with Crippen LogP contribution < -0.4 is 4.74 Å². The van der Waals surface area contributed by atoms with Crippen molar-refractivity contribution in [2.24, 2.45) is 5.92 Å². The summed E-state index contributed by atoms with van der Waals surface area (Å²) in [7, 11) is 5.54. The third kappa shape index (κ3) is 6.64. The Morgan fingerprint density at radius 3 is 2.63 bits per heavy atom. The molecule has 0 radical (unpaired) electrons. The molecule has 0 bridgehead atoms. The maximum absolute atomic E-state index is 12.9. The number of methoxy groups -OCH3 is 2. The first-order valence-corrected chi connectivity index (χ1v) is 14.4. The van der Waals surface area contributed by atoms with Crippen LogP contribution in [0.3, 0.4) is 0 Å². The fraction of sp³-hybridized carbons (Fsp3) is 0.533. The molecule has 0 aromatic heterocycles. The molecule has 0 N–H and O–H groups in total. The summed E-state index contributed by atoms with van der Waals surface area (Å²) >= 11 is 1.48. The van der Waals surface area contributed by atoms with Crippen molar-refractivity contribution >= 4 is 24.1 Å². The van der Waals surface area contributed by atoms with Gasteiger partial charge in [0.25, 0.3) is 0 Å². The van der Waals surface area contributed by atoms with Crippen LogP contribution in [-0.2, 0) is 33.9 Å². The minimum Gasteiger partial charge on any atom is -0.496 e. The van der Waals surface area contributed by atoms with E-state index in [1.807, 2.05) is 28.2 Å². The van der Waals surface area contributed by atoms with Gasteiger partial charge in [-0.1, -0.05) is 37.8 Å². The van der Waals surface area contributed by atoms with Crippen molar-refractivity contribution in [3.8, 4) is 5.75 Å². The Bertz CT molecular complexity index is 1050. The molecular weight excluding hydrogens is 498 g/mol. The highest BCUT2D eigenvalue weighted by Crippen LogP contribution is 2.40. The monoisotopic (exact) mass is 541 g/mol. The molecule has 0 unspecified atom stereocenters. The number of hydrogen-bond donors (Lipinski definition) is 0. The highest BCUT2D eigenvalue weighted by Gasteiger charge is 2.45. The lowest BCUT2D eigenvalue weighted by atomic mass is 9.79. The van der Waals surface area contributed by atoms with Gasteiger partial charge in [0, 0.05) is 46.0 Å². The highest BCUT2D eigenvalue weighted by atomic mass is 32.2. The van der Waals surface area contributed by atoms with Gasteiger partial charge >= 0.3 is 0 Å². The van der Waals surface area contributed by atoms with Crippen LogP contribution in [-0.4, -0.2) is 79.2 Å². The fourth-order valence-corrected chi connectivity index (χ4v) is 6.46. The molecule has 1 aromatic carbocycles. The van der Waals surface area contributed by atoms with Crippen LogP contribution in [0.5, 0.6) is 5.75 Å². The smallest absolute Gasteiger partial charge is 0.232 e. The van der Waals surface area contributed by atoms with Gasteiger partial charge in [0.2, 0.25) is 12.3 Å². The van der Waals surface area contributed by atoms with Crippen molar-refractivity contribution in [3.05, 3.63) is 64.7 Å².